The van der Waals surface area contributed by atoms with E-state index in [1.807, 2.05) is 0 Å². The van der Waals surface area contributed by atoms with Crippen LogP contribution >= 0.6 is 11.6 Å². The van der Waals surface area contributed by atoms with Crippen LogP contribution in [-0.4, -0.2) is 31.2 Å². The van der Waals surface area contributed by atoms with Crippen LogP contribution in [-0.2, 0) is 14.2 Å². The number of halogens is 1. The van der Waals surface area contributed by atoms with Gasteiger partial charge < -0.3 is 14.2 Å². The Bertz CT molecular complexity index is 199. The second-order valence-electron chi connectivity index (χ2n) is 4.55. The Morgan fingerprint density at radius 3 is 2.75 bits per heavy atom. The van der Waals surface area contributed by atoms with Gasteiger partial charge in [-0.15, -0.1) is 11.6 Å². The van der Waals surface area contributed by atoms with Crippen molar-refractivity contribution in [3.05, 3.63) is 0 Å². The van der Waals surface area contributed by atoms with Gasteiger partial charge in [-0.05, 0) is 38.5 Å². The summed E-state index contributed by atoms with van der Waals surface area (Å²) in [5.74, 6) is 0.0347. The molecule has 2 fully saturated rings. The average molecular weight is 249 g/mol. The van der Waals surface area contributed by atoms with E-state index in [0.717, 1.165) is 64.0 Å². The van der Waals surface area contributed by atoms with Crippen molar-refractivity contribution in [2.24, 2.45) is 0 Å². The first-order chi connectivity index (χ1) is 7.85. The lowest BCUT2D eigenvalue weighted by atomic mass is 10.1. The first-order valence-corrected chi connectivity index (χ1v) is 6.90. The standard InChI is InChI=1S/C12H21ClO3/c13-8-3-1-5-11-6-10-15-12(16-11)7-2-4-9-14-12/h11H,1-10H2. The van der Waals surface area contributed by atoms with E-state index in [4.69, 9.17) is 25.8 Å². The summed E-state index contributed by atoms with van der Waals surface area (Å²) in [7, 11) is 0. The topological polar surface area (TPSA) is 27.7 Å². The molecule has 2 atom stereocenters. The van der Waals surface area contributed by atoms with Crippen molar-refractivity contribution in [1.82, 2.24) is 0 Å². The molecule has 0 aromatic heterocycles. The van der Waals surface area contributed by atoms with E-state index in [9.17, 15) is 0 Å². The summed E-state index contributed by atoms with van der Waals surface area (Å²) < 4.78 is 17.3. The lowest BCUT2D eigenvalue weighted by molar-refractivity contribution is -0.426. The Morgan fingerprint density at radius 2 is 2.00 bits per heavy atom. The predicted molar refractivity (Wildman–Crippen MR) is 62.5 cm³/mol. The number of hydrogen-bond acceptors (Lipinski definition) is 3. The van der Waals surface area contributed by atoms with Gasteiger partial charge in [0.15, 0.2) is 0 Å². The highest BCUT2D eigenvalue weighted by Gasteiger charge is 2.40. The van der Waals surface area contributed by atoms with Crippen molar-refractivity contribution >= 4 is 11.6 Å². The van der Waals surface area contributed by atoms with Gasteiger partial charge in [-0.25, -0.2) is 0 Å². The predicted octanol–water partition coefficient (Wildman–Crippen LogP) is 3.06. The molecule has 2 heterocycles. The van der Waals surface area contributed by atoms with Crippen LogP contribution < -0.4 is 0 Å². The van der Waals surface area contributed by atoms with E-state index < -0.39 is 5.97 Å². The zero-order valence-corrected chi connectivity index (χ0v) is 10.5. The molecule has 2 aliphatic rings. The maximum absolute atomic E-state index is 5.97. The molecule has 4 heteroatoms. The fraction of sp³-hybridized carbons (Fsp3) is 1.00. The summed E-state index contributed by atoms with van der Waals surface area (Å²) in [6.07, 6.45) is 7.66. The Balaban J connectivity index is 1.78. The number of unbranched alkanes of at least 4 members (excludes halogenated alkanes) is 1. The van der Waals surface area contributed by atoms with Gasteiger partial charge in [0.05, 0.1) is 19.3 Å². The Hall–Kier alpha value is 0.170. The summed E-state index contributed by atoms with van der Waals surface area (Å²) in [5.41, 5.74) is 0. The third kappa shape index (κ3) is 3.33. The minimum atomic E-state index is -0.706. The van der Waals surface area contributed by atoms with Gasteiger partial charge in [0, 0.05) is 12.3 Å². The van der Waals surface area contributed by atoms with Crippen molar-refractivity contribution < 1.29 is 14.2 Å². The van der Waals surface area contributed by atoms with Crippen LogP contribution in [0.4, 0.5) is 0 Å². The van der Waals surface area contributed by atoms with Crippen LogP contribution in [0.2, 0.25) is 0 Å². The first kappa shape index (κ1) is 12.6. The molecular formula is C12H21ClO3. The highest BCUT2D eigenvalue weighted by molar-refractivity contribution is 6.17. The van der Waals surface area contributed by atoms with Gasteiger partial charge in [-0.3, -0.25) is 0 Å². The summed E-state index contributed by atoms with van der Waals surface area (Å²) >= 11 is 5.67. The Kier molecular flexibility index (Phi) is 4.89. The maximum Gasteiger partial charge on any atom is 0.283 e. The zero-order valence-electron chi connectivity index (χ0n) is 9.75. The zero-order chi connectivity index (χ0) is 11.3. The second-order valence-corrected chi connectivity index (χ2v) is 4.93. The van der Waals surface area contributed by atoms with Crippen LogP contribution in [0, 0.1) is 0 Å². The summed E-state index contributed by atoms with van der Waals surface area (Å²) in [5, 5.41) is 0. The second kappa shape index (κ2) is 6.20. The van der Waals surface area contributed by atoms with E-state index in [1.165, 1.54) is 0 Å². The minimum absolute atomic E-state index is 0.287. The molecule has 1 spiro atoms. The molecule has 16 heavy (non-hydrogen) atoms. The normalized spacial score (nSPS) is 35.4. The summed E-state index contributed by atoms with van der Waals surface area (Å²) in [6.45, 7) is 1.51. The van der Waals surface area contributed by atoms with Gasteiger partial charge in [-0.1, -0.05) is 0 Å². The molecule has 94 valence electrons. The number of alkyl halides is 1. The molecule has 0 saturated carbocycles. The quantitative estimate of drug-likeness (QED) is 0.565. The van der Waals surface area contributed by atoms with Crippen LogP contribution in [0.15, 0.2) is 0 Å². The fourth-order valence-corrected chi connectivity index (χ4v) is 2.50. The van der Waals surface area contributed by atoms with Crippen molar-refractivity contribution in [2.45, 2.75) is 57.0 Å². The largest absolute Gasteiger partial charge is 0.327 e. The highest BCUT2D eigenvalue weighted by atomic mass is 35.5. The van der Waals surface area contributed by atoms with E-state index in [1.54, 1.807) is 0 Å². The molecule has 0 amide bonds. The Labute approximate surface area is 102 Å². The third-order valence-electron chi connectivity index (χ3n) is 3.22. The van der Waals surface area contributed by atoms with Gasteiger partial charge >= 0.3 is 0 Å². The molecule has 0 aromatic rings. The molecule has 2 unspecified atom stereocenters. The van der Waals surface area contributed by atoms with Gasteiger partial charge in [0.2, 0.25) is 0 Å². The van der Waals surface area contributed by atoms with Crippen molar-refractivity contribution in [2.75, 3.05) is 19.1 Å². The minimum Gasteiger partial charge on any atom is -0.327 e. The highest BCUT2D eigenvalue weighted by Crippen LogP contribution is 2.34. The van der Waals surface area contributed by atoms with E-state index in [-0.39, 0.29) is 6.10 Å². The van der Waals surface area contributed by atoms with Gasteiger partial charge in [0.1, 0.15) is 0 Å². The van der Waals surface area contributed by atoms with Crippen molar-refractivity contribution in [3.63, 3.8) is 0 Å². The fourth-order valence-electron chi connectivity index (χ4n) is 2.31. The molecule has 0 bridgehead atoms. The van der Waals surface area contributed by atoms with E-state index in [2.05, 4.69) is 0 Å². The molecule has 0 aliphatic carbocycles. The van der Waals surface area contributed by atoms with Crippen molar-refractivity contribution in [1.29, 1.82) is 0 Å². The van der Waals surface area contributed by atoms with Gasteiger partial charge in [-0.2, -0.15) is 0 Å². The van der Waals surface area contributed by atoms with E-state index >= 15 is 0 Å². The lowest BCUT2D eigenvalue weighted by Crippen LogP contribution is -2.48. The van der Waals surface area contributed by atoms with E-state index in [0.29, 0.717) is 0 Å². The molecule has 0 radical (unpaired) electrons. The third-order valence-corrected chi connectivity index (χ3v) is 3.48. The van der Waals surface area contributed by atoms with Crippen LogP contribution in [0.1, 0.15) is 44.9 Å². The summed E-state index contributed by atoms with van der Waals surface area (Å²) in [6, 6.07) is 0. The number of ether oxygens (including phenoxy) is 3. The smallest absolute Gasteiger partial charge is 0.283 e. The molecule has 2 aliphatic heterocycles. The monoisotopic (exact) mass is 248 g/mol. The molecule has 2 rings (SSSR count). The molecule has 3 nitrogen and oxygen atoms in total. The van der Waals surface area contributed by atoms with Crippen LogP contribution in [0.3, 0.4) is 0 Å². The maximum atomic E-state index is 5.97. The average Bonchev–Trinajstić information content (AvgIpc) is 2.31. The molecule has 0 aromatic carbocycles. The van der Waals surface area contributed by atoms with Crippen molar-refractivity contribution in [3.8, 4) is 0 Å². The van der Waals surface area contributed by atoms with Gasteiger partial charge in [0.25, 0.3) is 5.97 Å². The lowest BCUT2D eigenvalue weighted by Gasteiger charge is -2.42. The number of rotatable bonds is 4. The van der Waals surface area contributed by atoms with Crippen LogP contribution in [0.25, 0.3) is 0 Å². The molecule has 0 N–H and O–H groups in total. The first-order valence-electron chi connectivity index (χ1n) is 6.36. The molecule has 2 saturated heterocycles. The SMILES string of the molecule is ClCCCCC1CCOC2(CCCCO2)O1. The number of hydrogen-bond donors (Lipinski definition) is 0. The summed E-state index contributed by atoms with van der Waals surface area (Å²) in [4.78, 5) is 0. The molecular weight excluding hydrogens is 228 g/mol. The van der Waals surface area contributed by atoms with Crippen LogP contribution in [0.5, 0.6) is 0 Å². The Morgan fingerprint density at radius 1 is 1.12 bits per heavy atom.